The third-order valence-electron chi connectivity index (χ3n) is 3.11. The molecular weight excluding hydrogens is 320 g/mol. The highest BCUT2D eigenvalue weighted by Gasteiger charge is 2.05. The second-order valence-corrected chi connectivity index (χ2v) is 4.87. The first kappa shape index (κ1) is 17.8. The first-order valence-corrected chi connectivity index (χ1v) is 7.51. The van der Waals surface area contributed by atoms with Crippen molar-refractivity contribution in [2.24, 2.45) is 5.10 Å². The molecule has 0 saturated heterocycles. The summed E-state index contributed by atoms with van der Waals surface area (Å²) in [5.74, 6) is 0.689. The standard InChI is InChI=1S/C18H18N4O3/c1-24-17-11-14(7-8-16(17)25-10-9-19)12-21-22-18(23)13-20-15-5-3-2-4-6-15/h2-8,11-12,20H,10,13H2,1H3,(H,22,23)/b21-12+. The number of nitriles is 1. The number of ether oxygens (including phenoxy) is 2. The number of para-hydroxylation sites is 1. The molecule has 0 aromatic heterocycles. The van der Waals surface area contributed by atoms with E-state index in [1.54, 1.807) is 18.2 Å². The van der Waals surface area contributed by atoms with Crippen molar-refractivity contribution in [3.8, 4) is 17.6 Å². The first-order valence-electron chi connectivity index (χ1n) is 7.51. The Hall–Kier alpha value is -3.53. The minimum absolute atomic E-state index is 0.0612. The summed E-state index contributed by atoms with van der Waals surface area (Å²) < 4.78 is 10.4. The zero-order valence-electron chi connectivity index (χ0n) is 13.7. The van der Waals surface area contributed by atoms with Crippen LogP contribution in [0.1, 0.15) is 5.56 Å². The van der Waals surface area contributed by atoms with Gasteiger partial charge in [-0.25, -0.2) is 5.43 Å². The fourth-order valence-corrected chi connectivity index (χ4v) is 1.95. The van der Waals surface area contributed by atoms with Gasteiger partial charge in [-0.15, -0.1) is 0 Å². The molecule has 0 bridgehead atoms. The largest absolute Gasteiger partial charge is 0.493 e. The Morgan fingerprint density at radius 3 is 2.76 bits per heavy atom. The van der Waals surface area contributed by atoms with Gasteiger partial charge in [0.1, 0.15) is 6.07 Å². The summed E-state index contributed by atoms with van der Waals surface area (Å²) in [6.07, 6.45) is 1.50. The van der Waals surface area contributed by atoms with E-state index >= 15 is 0 Å². The summed E-state index contributed by atoms with van der Waals surface area (Å²) in [7, 11) is 1.51. The first-order chi connectivity index (χ1) is 12.2. The Balaban J connectivity index is 1.86. The molecule has 0 aliphatic carbocycles. The molecule has 0 spiro atoms. The summed E-state index contributed by atoms with van der Waals surface area (Å²) in [6, 6.07) is 16.4. The van der Waals surface area contributed by atoms with Crippen molar-refractivity contribution in [2.45, 2.75) is 0 Å². The molecule has 0 unspecified atom stereocenters. The van der Waals surface area contributed by atoms with Crippen molar-refractivity contribution in [3.05, 3.63) is 54.1 Å². The van der Waals surface area contributed by atoms with Crippen molar-refractivity contribution in [3.63, 3.8) is 0 Å². The number of anilines is 1. The van der Waals surface area contributed by atoms with Crippen molar-refractivity contribution in [1.29, 1.82) is 5.26 Å². The fourth-order valence-electron chi connectivity index (χ4n) is 1.95. The van der Waals surface area contributed by atoms with Gasteiger partial charge in [0.2, 0.25) is 0 Å². The molecule has 128 valence electrons. The Morgan fingerprint density at radius 2 is 2.04 bits per heavy atom. The molecule has 7 heteroatoms. The van der Waals surface area contributed by atoms with Gasteiger partial charge >= 0.3 is 0 Å². The number of benzene rings is 2. The molecule has 25 heavy (non-hydrogen) atoms. The van der Waals surface area contributed by atoms with Gasteiger partial charge in [-0.05, 0) is 35.9 Å². The van der Waals surface area contributed by atoms with Crippen molar-refractivity contribution in [1.82, 2.24) is 5.43 Å². The van der Waals surface area contributed by atoms with E-state index in [1.165, 1.54) is 13.3 Å². The Kier molecular flexibility index (Phi) is 6.82. The highest BCUT2D eigenvalue weighted by atomic mass is 16.5. The minimum atomic E-state index is -0.263. The molecule has 2 aromatic carbocycles. The molecule has 2 aromatic rings. The highest BCUT2D eigenvalue weighted by Crippen LogP contribution is 2.27. The predicted octanol–water partition coefficient (Wildman–Crippen LogP) is 2.16. The summed E-state index contributed by atoms with van der Waals surface area (Å²) in [5, 5.41) is 15.4. The average molecular weight is 338 g/mol. The van der Waals surface area contributed by atoms with Gasteiger partial charge in [-0.3, -0.25) is 4.79 Å². The molecule has 0 heterocycles. The molecular formula is C18H18N4O3. The molecule has 1 amide bonds. The molecule has 0 aliphatic rings. The Bertz CT molecular complexity index is 770. The van der Waals surface area contributed by atoms with Gasteiger partial charge in [-0.1, -0.05) is 18.2 Å². The van der Waals surface area contributed by atoms with E-state index in [0.29, 0.717) is 11.5 Å². The smallest absolute Gasteiger partial charge is 0.259 e. The van der Waals surface area contributed by atoms with Crippen molar-refractivity contribution >= 4 is 17.8 Å². The molecule has 0 atom stereocenters. The summed E-state index contributed by atoms with van der Waals surface area (Å²) >= 11 is 0. The van der Waals surface area contributed by atoms with E-state index < -0.39 is 0 Å². The number of methoxy groups -OCH3 is 1. The molecule has 0 radical (unpaired) electrons. The van der Waals surface area contributed by atoms with E-state index in [4.69, 9.17) is 14.7 Å². The predicted molar refractivity (Wildman–Crippen MR) is 94.8 cm³/mol. The zero-order valence-corrected chi connectivity index (χ0v) is 13.7. The summed E-state index contributed by atoms with van der Waals surface area (Å²) in [6.45, 7) is 0.0554. The lowest BCUT2D eigenvalue weighted by Crippen LogP contribution is -2.25. The number of hydrazone groups is 1. The number of nitrogens with zero attached hydrogens (tertiary/aromatic N) is 2. The van der Waals surface area contributed by atoms with Crippen LogP contribution in [0.4, 0.5) is 5.69 Å². The van der Waals surface area contributed by atoms with Gasteiger partial charge in [0.05, 0.1) is 19.9 Å². The van der Waals surface area contributed by atoms with E-state index in [0.717, 1.165) is 11.3 Å². The van der Waals surface area contributed by atoms with Gasteiger partial charge in [0.25, 0.3) is 5.91 Å². The summed E-state index contributed by atoms with van der Waals surface area (Å²) in [5.41, 5.74) is 4.02. The van der Waals surface area contributed by atoms with Crippen LogP contribution in [0.15, 0.2) is 53.6 Å². The van der Waals surface area contributed by atoms with Crippen molar-refractivity contribution in [2.75, 3.05) is 25.6 Å². The molecule has 2 rings (SSSR count). The SMILES string of the molecule is COc1cc(/C=N/NC(=O)CNc2ccccc2)ccc1OCC#N. The van der Waals surface area contributed by atoms with Crippen LogP contribution >= 0.6 is 0 Å². The van der Waals surface area contributed by atoms with Crippen LogP contribution in [-0.2, 0) is 4.79 Å². The molecule has 0 saturated carbocycles. The maximum atomic E-state index is 11.7. The topological polar surface area (TPSA) is 95.7 Å². The average Bonchev–Trinajstić information content (AvgIpc) is 2.66. The van der Waals surface area contributed by atoms with Crippen molar-refractivity contribution < 1.29 is 14.3 Å². The number of rotatable bonds is 8. The number of hydrogen-bond acceptors (Lipinski definition) is 6. The van der Waals surface area contributed by atoms with Crippen LogP contribution in [0.2, 0.25) is 0 Å². The number of carbonyl (C=O) groups excluding carboxylic acids is 1. The normalized spacial score (nSPS) is 10.1. The number of carbonyl (C=O) groups is 1. The van der Waals surface area contributed by atoms with Gasteiger partial charge in [0, 0.05) is 5.69 Å². The minimum Gasteiger partial charge on any atom is -0.493 e. The van der Waals surface area contributed by atoms with E-state index in [2.05, 4.69) is 15.8 Å². The van der Waals surface area contributed by atoms with Crippen LogP contribution in [0, 0.1) is 11.3 Å². The maximum absolute atomic E-state index is 11.7. The summed E-state index contributed by atoms with van der Waals surface area (Å²) in [4.78, 5) is 11.7. The third-order valence-corrected chi connectivity index (χ3v) is 3.11. The lowest BCUT2D eigenvalue weighted by Gasteiger charge is -2.08. The molecule has 0 aliphatic heterocycles. The van der Waals surface area contributed by atoms with Gasteiger partial charge in [-0.2, -0.15) is 10.4 Å². The molecule has 0 fully saturated rings. The Labute approximate surface area is 145 Å². The lowest BCUT2D eigenvalue weighted by molar-refractivity contribution is -0.119. The van der Waals surface area contributed by atoms with Crippen LogP contribution in [0.25, 0.3) is 0 Å². The lowest BCUT2D eigenvalue weighted by atomic mass is 10.2. The number of amides is 1. The van der Waals surface area contributed by atoms with Crippen LogP contribution in [0.5, 0.6) is 11.5 Å². The van der Waals surface area contributed by atoms with Crippen LogP contribution in [-0.4, -0.2) is 32.4 Å². The number of nitrogens with one attached hydrogen (secondary N) is 2. The maximum Gasteiger partial charge on any atom is 0.259 e. The third kappa shape index (κ3) is 5.88. The van der Waals surface area contributed by atoms with Gasteiger partial charge in [0.15, 0.2) is 18.1 Å². The van der Waals surface area contributed by atoms with E-state index in [-0.39, 0.29) is 19.1 Å². The fraction of sp³-hybridized carbons (Fsp3) is 0.167. The Morgan fingerprint density at radius 1 is 1.24 bits per heavy atom. The highest BCUT2D eigenvalue weighted by molar-refractivity contribution is 5.84. The quantitative estimate of drug-likeness (QED) is 0.568. The number of hydrogen-bond donors (Lipinski definition) is 2. The monoisotopic (exact) mass is 338 g/mol. The zero-order chi connectivity index (χ0) is 17.9. The molecule has 2 N–H and O–H groups in total. The van der Waals surface area contributed by atoms with E-state index in [9.17, 15) is 4.79 Å². The van der Waals surface area contributed by atoms with E-state index in [1.807, 2.05) is 36.4 Å². The second-order valence-electron chi connectivity index (χ2n) is 4.87. The van der Waals surface area contributed by atoms with Crippen LogP contribution in [0.3, 0.4) is 0 Å². The second kappa shape index (κ2) is 9.57. The molecule has 7 nitrogen and oxygen atoms in total. The van der Waals surface area contributed by atoms with Gasteiger partial charge < -0.3 is 14.8 Å². The van der Waals surface area contributed by atoms with Crippen LogP contribution < -0.4 is 20.2 Å².